The third-order valence-electron chi connectivity index (χ3n) is 2.57. The van der Waals surface area contributed by atoms with Crippen molar-refractivity contribution < 1.29 is 9.32 Å². The van der Waals surface area contributed by atoms with Gasteiger partial charge in [0.15, 0.2) is 5.78 Å². The molecular formula is C12H9O2P. The fourth-order valence-corrected chi connectivity index (χ4v) is 2.83. The monoisotopic (exact) mass is 216 g/mol. The summed E-state index contributed by atoms with van der Waals surface area (Å²) in [4.78, 5) is 11.3. The van der Waals surface area contributed by atoms with Crippen molar-refractivity contribution in [1.82, 2.24) is 0 Å². The normalized spacial score (nSPS) is 19.9. The van der Waals surface area contributed by atoms with Gasteiger partial charge >= 0.3 is 0 Å². The SMILES string of the molecule is O=C1C=CC2=C(C1)POc1ccccc12. The lowest BCUT2D eigenvalue weighted by molar-refractivity contribution is -0.113. The van der Waals surface area contributed by atoms with Crippen molar-refractivity contribution >= 4 is 20.2 Å². The fraction of sp³-hybridized carbons (Fsp3) is 0.0833. The highest BCUT2D eigenvalue weighted by Gasteiger charge is 2.22. The molecule has 2 aliphatic rings. The lowest BCUT2D eigenvalue weighted by Crippen LogP contribution is -2.05. The quantitative estimate of drug-likeness (QED) is 0.623. The van der Waals surface area contributed by atoms with E-state index in [0.29, 0.717) is 15.2 Å². The Morgan fingerprint density at radius 2 is 2.07 bits per heavy atom. The van der Waals surface area contributed by atoms with Gasteiger partial charge in [-0.15, -0.1) is 0 Å². The van der Waals surface area contributed by atoms with Gasteiger partial charge in [-0.1, -0.05) is 24.3 Å². The second-order valence-electron chi connectivity index (χ2n) is 3.57. The van der Waals surface area contributed by atoms with E-state index in [2.05, 4.69) is 0 Å². The molecule has 3 rings (SSSR count). The predicted molar refractivity (Wildman–Crippen MR) is 61.1 cm³/mol. The number of para-hydroxylation sites is 1. The Hall–Kier alpha value is -1.40. The summed E-state index contributed by atoms with van der Waals surface area (Å²) < 4.78 is 5.63. The first-order chi connectivity index (χ1) is 7.34. The maximum atomic E-state index is 11.3. The average Bonchev–Trinajstić information content (AvgIpc) is 2.28. The van der Waals surface area contributed by atoms with Gasteiger partial charge in [-0.05, 0) is 17.7 Å². The van der Waals surface area contributed by atoms with E-state index in [1.54, 1.807) is 6.08 Å². The van der Waals surface area contributed by atoms with E-state index in [4.69, 9.17) is 4.52 Å². The van der Waals surface area contributed by atoms with E-state index < -0.39 is 0 Å². The maximum absolute atomic E-state index is 11.3. The summed E-state index contributed by atoms with van der Waals surface area (Å²) in [6, 6.07) is 7.96. The molecular weight excluding hydrogens is 207 g/mol. The van der Waals surface area contributed by atoms with Crippen LogP contribution >= 0.6 is 8.81 Å². The second-order valence-corrected chi connectivity index (χ2v) is 4.58. The first-order valence-corrected chi connectivity index (χ1v) is 5.72. The lowest BCUT2D eigenvalue weighted by atomic mass is 9.98. The van der Waals surface area contributed by atoms with Gasteiger partial charge in [0.1, 0.15) is 14.6 Å². The fourth-order valence-electron chi connectivity index (χ4n) is 1.84. The summed E-state index contributed by atoms with van der Waals surface area (Å²) in [7, 11) is 0.292. The Bertz CT molecular complexity index is 500. The summed E-state index contributed by atoms with van der Waals surface area (Å²) in [5, 5.41) is 1.13. The van der Waals surface area contributed by atoms with Gasteiger partial charge in [0.05, 0.1) is 0 Å². The molecule has 0 radical (unpaired) electrons. The van der Waals surface area contributed by atoms with Crippen molar-refractivity contribution in [2.75, 3.05) is 0 Å². The van der Waals surface area contributed by atoms with E-state index >= 15 is 0 Å². The number of carbonyl (C=O) groups is 1. The highest BCUT2D eigenvalue weighted by atomic mass is 31.1. The van der Waals surface area contributed by atoms with Gasteiger partial charge in [-0.25, -0.2) is 0 Å². The van der Waals surface area contributed by atoms with Crippen LogP contribution in [0.1, 0.15) is 12.0 Å². The highest BCUT2D eigenvalue weighted by Crippen LogP contribution is 2.46. The van der Waals surface area contributed by atoms with Crippen molar-refractivity contribution in [1.29, 1.82) is 0 Å². The van der Waals surface area contributed by atoms with Crippen LogP contribution in [0.15, 0.2) is 41.7 Å². The van der Waals surface area contributed by atoms with E-state index in [9.17, 15) is 4.79 Å². The molecule has 1 aliphatic heterocycles. The Balaban J connectivity index is 2.16. The number of hydrogen-bond donors (Lipinski definition) is 0. The molecule has 1 heterocycles. The van der Waals surface area contributed by atoms with Gasteiger partial charge < -0.3 is 4.52 Å². The van der Waals surface area contributed by atoms with Crippen LogP contribution in [0.4, 0.5) is 0 Å². The van der Waals surface area contributed by atoms with Crippen LogP contribution in [0, 0.1) is 0 Å². The number of fused-ring (bicyclic) bond motifs is 2. The maximum Gasteiger partial charge on any atom is 0.160 e. The van der Waals surface area contributed by atoms with Crippen molar-refractivity contribution in [3.8, 4) is 5.75 Å². The van der Waals surface area contributed by atoms with Crippen molar-refractivity contribution in [2.24, 2.45) is 0 Å². The van der Waals surface area contributed by atoms with Crippen LogP contribution in [0.5, 0.6) is 5.75 Å². The topological polar surface area (TPSA) is 26.3 Å². The minimum absolute atomic E-state index is 0.171. The zero-order chi connectivity index (χ0) is 10.3. The number of allylic oxidation sites excluding steroid dienone is 4. The number of rotatable bonds is 0. The molecule has 15 heavy (non-hydrogen) atoms. The van der Waals surface area contributed by atoms with Gasteiger partial charge in [0, 0.05) is 17.3 Å². The number of benzene rings is 1. The van der Waals surface area contributed by atoms with Crippen molar-refractivity contribution in [3.05, 3.63) is 47.3 Å². The summed E-state index contributed by atoms with van der Waals surface area (Å²) in [5.41, 5.74) is 2.28. The predicted octanol–water partition coefficient (Wildman–Crippen LogP) is 2.91. The van der Waals surface area contributed by atoms with Gasteiger partial charge in [0.2, 0.25) is 0 Å². The summed E-state index contributed by atoms with van der Waals surface area (Å²) >= 11 is 0. The van der Waals surface area contributed by atoms with E-state index in [1.807, 2.05) is 30.3 Å². The van der Waals surface area contributed by atoms with E-state index in [-0.39, 0.29) is 5.78 Å². The third kappa shape index (κ3) is 1.42. The first-order valence-electron chi connectivity index (χ1n) is 4.81. The second kappa shape index (κ2) is 3.32. The molecule has 0 N–H and O–H groups in total. The molecule has 1 aromatic carbocycles. The standard InChI is InChI=1S/C12H9O2P/c13-8-5-6-10-9-3-1-2-4-11(9)14-15-12(10)7-8/h1-6,15H,7H2. The van der Waals surface area contributed by atoms with E-state index in [0.717, 1.165) is 16.6 Å². The van der Waals surface area contributed by atoms with Crippen LogP contribution in [0.3, 0.4) is 0 Å². The number of ketones is 1. The van der Waals surface area contributed by atoms with Gasteiger partial charge in [-0.3, -0.25) is 4.79 Å². The van der Waals surface area contributed by atoms with Crippen molar-refractivity contribution in [3.63, 3.8) is 0 Å². The number of hydrogen-bond acceptors (Lipinski definition) is 2. The molecule has 0 bridgehead atoms. The molecule has 3 heteroatoms. The number of carbonyl (C=O) groups excluding carboxylic acids is 1. The smallest absolute Gasteiger partial charge is 0.160 e. The first kappa shape index (κ1) is 8.87. The molecule has 1 aromatic rings. The Labute approximate surface area is 89.5 Å². The molecule has 2 nitrogen and oxygen atoms in total. The Morgan fingerprint density at radius 3 is 3.00 bits per heavy atom. The molecule has 0 aromatic heterocycles. The summed E-state index contributed by atoms with van der Waals surface area (Å²) in [5.74, 6) is 1.10. The van der Waals surface area contributed by atoms with Crippen LogP contribution in [0.25, 0.3) is 5.57 Å². The zero-order valence-electron chi connectivity index (χ0n) is 7.99. The van der Waals surface area contributed by atoms with Crippen LogP contribution in [-0.2, 0) is 4.79 Å². The van der Waals surface area contributed by atoms with Crippen LogP contribution in [-0.4, -0.2) is 5.78 Å². The van der Waals surface area contributed by atoms with Crippen LogP contribution in [0.2, 0.25) is 0 Å². The molecule has 0 saturated heterocycles. The van der Waals surface area contributed by atoms with Gasteiger partial charge in [0.25, 0.3) is 0 Å². The molecule has 1 aliphatic carbocycles. The Kier molecular flexibility index (Phi) is 1.96. The lowest BCUT2D eigenvalue weighted by Gasteiger charge is -2.23. The molecule has 1 unspecified atom stereocenters. The summed E-state index contributed by atoms with van der Waals surface area (Å²) in [6.45, 7) is 0. The zero-order valence-corrected chi connectivity index (χ0v) is 8.99. The minimum atomic E-state index is 0.171. The third-order valence-corrected chi connectivity index (χ3v) is 3.59. The van der Waals surface area contributed by atoms with Crippen LogP contribution < -0.4 is 4.52 Å². The van der Waals surface area contributed by atoms with E-state index in [1.165, 1.54) is 5.57 Å². The molecule has 0 amide bonds. The Morgan fingerprint density at radius 1 is 1.20 bits per heavy atom. The molecule has 0 spiro atoms. The minimum Gasteiger partial charge on any atom is -0.472 e. The largest absolute Gasteiger partial charge is 0.472 e. The van der Waals surface area contributed by atoms with Crippen molar-refractivity contribution in [2.45, 2.75) is 6.42 Å². The molecule has 1 atom stereocenters. The molecule has 0 saturated carbocycles. The molecule has 0 fully saturated rings. The van der Waals surface area contributed by atoms with Gasteiger partial charge in [-0.2, -0.15) is 0 Å². The highest BCUT2D eigenvalue weighted by molar-refractivity contribution is 7.38. The molecule has 74 valence electrons. The average molecular weight is 216 g/mol. The summed E-state index contributed by atoms with van der Waals surface area (Å²) in [6.07, 6.45) is 4.08.